The molecule has 1 aromatic rings. The van der Waals surface area contributed by atoms with Gasteiger partial charge in [-0.1, -0.05) is 30.9 Å². The summed E-state index contributed by atoms with van der Waals surface area (Å²) in [5.41, 5.74) is -0.211. The smallest absolute Gasteiger partial charge is 0.307 e. The summed E-state index contributed by atoms with van der Waals surface area (Å²) in [4.78, 5) is 31.6. The van der Waals surface area contributed by atoms with Crippen molar-refractivity contribution in [2.75, 3.05) is 0 Å². The van der Waals surface area contributed by atoms with Gasteiger partial charge in [0.25, 0.3) is 5.56 Å². The van der Waals surface area contributed by atoms with Crippen LogP contribution in [0, 0.1) is 0 Å². The summed E-state index contributed by atoms with van der Waals surface area (Å²) in [6.45, 7) is 9.16. The molecule has 0 radical (unpaired) electrons. The molecular weight excluding hydrogens is 278 g/mol. The molecule has 0 aromatic carbocycles. The number of nitrogens with zero attached hydrogens (tertiary/aromatic N) is 2. The fourth-order valence-electron chi connectivity index (χ4n) is 1.91. The fourth-order valence-corrected chi connectivity index (χ4v) is 1.91. The Labute approximate surface area is 129 Å². The molecule has 0 aliphatic heterocycles. The molecule has 0 bridgehead atoms. The molecule has 1 aromatic heterocycles. The Kier molecular flexibility index (Phi) is 6.76. The van der Waals surface area contributed by atoms with E-state index < -0.39 is 5.69 Å². The first-order valence-electron chi connectivity index (χ1n) is 7.01. The Morgan fingerprint density at radius 3 is 2.55 bits per heavy atom. The van der Waals surface area contributed by atoms with E-state index in [1.54, 1.807) is 37.4 Å². The van der Waals surface area contributed by atoms with Crippen LogP contribution in [0.25, 0.3) is 12.2 Å². The average molecular weight is 299 g/mol. The summed E-state index contributed by atoms with van der Waals surface area (Å²) in [5.74, 6) is 0. The lowest BCUT2D eigenvalue weighted by atomic mass is 10.3. The summed E-state index contributed by atoms with van der Waals surface area (Å²) in [6.07, 6.45) is 11.8. The number of aromatic amines is 1. The van der Waals surface area contributed by atoms with E-state index in [1.165, 1.54) is 6.08 Å². The molecule has 5 nitrogen and oxygen atoms in total. The van der Waals surface area contributed by atoms with Gasteiger partial charge in [-0.25, -0.2) is 4.79 Å². The van der Waals surface area contributed by atoms with Gasteiger partial charge in [0.05, 0.1) is 22.8 Å². The van der Waals surface area contributed by atoms with Crippen LogP contribution in [-0.4, -0.2) is 15.3 Å². The zero-order valence-corrected chi connectivity index (χ0v) is 13.2. The van der Waals surface area contributed by atoms with Crippen LogP contribution in [0.4, 0.5) is 0 Å². The molecule has 0 unspecified atom stereocenters. The second-order valence-electron chi connectivity index (χ2n) is 4.44. The highest BCUT2D eigenvalue weighted by Gasteiger charge is 2.06. The Balaban J connectivity index is 3.60. The fraction of sp³-hybridized carbons (Fsp3) is 0.235. The molecule has 0 amide bonds. The van der Waals surface area contributed by atoms with E-state index in [1.807, 2.05) is 19.9 Å². The second kappa shape index (κ2) is 8.56. The SMILES string of the molecule is C=C/C=c1/c(=O)n(CC(/C=C\C)=N/C=C\C)c(=O)[nH]/c1=C/C. The van der Waals surface area contributed by atoms with Crippen LogP contribution in [0.5, 0.6) is 0 Å². The van der Waals surface area contributed by atoms with Crippen molar-refractivity contribution < 1.29 is 0 Å². The predicted octanol–water partition coefficient (Wildman–Crippen LogP) is 0.854. The monoisotopic (exact) mass is 299 g/mol. The van der Waals surface area contributed by atoms with Crippen molar-refractivity contribution in [3.05, 3.63) is 68.5 Å². The van der Waals surface area contributed by atoms with Crippen molar-refractivity contribution in [3.8, 4) is 0 Å². The molecule has 0 aliphatic rings. The van der Waals surface area contributed by atoms with E-state index in [4.69, 9.17) is 0 Å². The molecule has 0 fully saturated rings. The number of nitrogens with one attached hydrogen (secondary N) is 1. The van der Waals surface area contributed by atoms with E-state index in [9.17, 15) is 9.59 Å². The lowest BCUT2D eigenvalue weighted by Gasteiger charge is -2.04. The van der Waals surface area contributed by atoms with Crippen LogP contribution in [0.3, 0.4) is 0 Å². The minimum Gasteiger partial charge on any atom is -0.307 e. The maximum Gasteiger partial charge on any atom is 0.329 e. The first kappa shape index (κ1) is 17.4. The highest BCUT2D eigenvalue weighted by molar-refractivity contribution is 5.95. The summed E-state index contributed by atoms with van der Waals surface area (Å²) in [6, 6.07) is 0. The van der Waals surface area contributed by atoms with Gasteiger partial charge in [-0.2, -0.15) is 0 Å². The zero-order valence-electron chi connectivity index (χ0n) is 13.2. The Morgan fingerprint density at radius 2 is 2.00 bits per heavy atom. The third kappa shape index (κ3) is 4.15. The van der Waals surface area contributed by atoms with Crippen molar-refractivity contribution in [1.29, 1.82) is 0 Å². The van der Waals surface area contributed by atoms with E-state index in [0.29, 0.717) is 16.3 Å². The molecule has 0 atom stereocenters. The molecule has 116 valence electrons. The Hall–Kier alpha value is -2.69. The van der Waals surface area contributed by atoms with E-state index in [0.717, 1.165) is 4.57 Å². The third-order valence-electron chi connectivity index (χ3n) is 2.89. The highest BCUT2D eigenvalue weighted by atomic mass is 16.2. The van der Waals surface area contributed by atoms with Crippen molar-refractivity contribution in [2.24, 2.45) is 4.99 Å². The summed E-state index contributed by atoms with van der Waals surface area (Å²) < 4.78 is 1.13. The zero-order chi connectivity index (χ0) is 16.5. The number of hydrogen-bond donors (Lipinski definition) is 1. The summed E-state index contributed by atoms with van der Waals surface area (Å²) in [5, 5.41) is 0.895. The van der Waals surface area contributed by atoms with Crippen molar-refractivity contribution in [1.82, 2.24) is 9.55 Å². The number of aliphatic imine (C=N–C) groups is 1. The maximum absolute atomic E-state index is 12.5. The lowest BCUT2D eigenvalue weighted by Crippen LogP contribution is -2.54. The number of rotatable bonds is 5. The molecule has 0 saturated heterocycles. The molecule has 0 aliphatic carbocycles. The van der Waals surface area contributed by atoms with Gasteiger partial charge in [-0.05, 0) is 32.9 Å². The van der Waals surface area contributed by atoms with Gasteiger partial charge in [-0.15, -0.1) is 0 Å². The van der Waals surface area contributed by atoms with Gasteiger partial charge in [0.1, 0.15) is 0 Å². The molecule has 1 heterocycles. The number of aromatic nitrogens is 2. The first-order chi connectivity index (χ1) is 10.6. The van der Waals surface area contributed by atoms with Crippen molar-refractivity contribution in [2.45, 2.75) is 27.3 Å². The van der Waals surface area contributed by atoms with E-state index >= 15 is 0 Å². The second-order valence-corrected chi connectivity index (χ2v) is 4.44. The minimum absolute atomic E-state index is 0.102. The van der Waals surface area contributed by atoms with Gasteiger partial charge >= 0.3 is 5.69 Å². The van der Waals surface area contributed by atoms with Gasteiger partial charge in [0, 0.05) is 6.20 Å². The lowest BCUT2D eigenvalue weighted by molar-refractivity contribution is 0.720. The normalized spacial score (nSPS) is 14.4. The average Bonchev–Trinajstić information content (AvgIpc) is 2.51. The molecule has 0 spiro atoms. The largest absolute Gasteiger partial charge is 0.329 e. The van der Waals surface area contributed by atoms with Gasteiger partial charge in [0.2, 0.25) is 0 Å². The van der Waals surface area contributed by atoms with Crippen LogP contribution in [-0.2, 0) is 6.54 Å². The first-order valence-corrected chi connectivity index (χ1v) is 7.01. The standard InChI is InChI=1S/C17H21N3O2/c1-5-9-13(18-11-7-3)12-20-16(21)14(10-6-2)15(8-4)19-17(20)22/h5-11H,2,12H2,1,3-4H3,(H,19,22)/b9-5-,11-7-,14-10+,15-8+,18-13+. The molecule has 1 N–H and O–H groups in total. The van der Waals surface area contributed by atoms with E-state index in [2.05, 4.69) is 16.6 Å². The van der Waals surface area contributed by atoms with E-state index in [-0.39, 0.29) is 12.1 Å². The van der Waals surface area contributed by atoms with Gasteiger partial charge < -0.3 is 4.98 Å². The molecule has 5 heteroatoms. The minimum atomic E-state index is -0.461. The van der Waals surface area contributed by atoms with Crippen molar-refractivity contribution in [3.63, 3.8) is 0 Å². The van der Waals surface area contributed by atoms with Crippen LogP contribution in [0.2, 0.25) is 0 Å². The maximum atomic E-state index is 12.5. The molecular formula is C17H21N3O2. The number of allylic oxidation sites excluding steroid dienone is 4. The molecule has 1 rings (SSSR count). The predicted molar refractivity (Wildman–Crippen MR) is 92.4 cm³/mol. The van der Waals surface area contributed by atoms with Crippen molar-refractivity contribution >= 4 is 17.9 Å². The van der Waals surface area contributed by atoms with Crippen LogP contribution >= 0.6 is 0 Å². The third-order valence-corrected chi connectivity index (χ3v) is 2.89. The quantitative estimate of drug-likeness (QED) is 0.819. The van der Waals surface area contributed by atoms with Crippen LogP contribution in [0.15, 0.2) is 51.7 Å². The van der Waals surface area contributed by atoms with Crippen LogP contribution < -0.4 is 21.8 Å². The Bertz CT molecular complexity index is 849. The number of hydrogen-bond acceptors (Lipinski definition) is 3. The molecule has 0 saturated carbocycles. The Morgan fingerprint density at radius 1 is 1.27 bits per heavy atom. The van der Waals surface area contributed by atoms with Gasteiger partial charge in [0.15, 0.2) is 0 Å². The summed E-state index contributed by atoms with van der Waals surface area (Å²) in [7, 11) is 0. The van der Waals surface area contributed by atoms with Gasteiger partial charge in [-0.3, -0.25) is 14.4 Å². The summed E-state index contributed by atoms with van der Waals surface area (Å²) >= 11 is 0. The highest BCUT2D eigenvalue weighted by Crippen LogP contribution is 1.88. The molecule has 22 heavy (non-hydrogen) atoms. The van der Waals surface area contributed by atoms with Crippen LogP contribution in [0.1, 0.15) is 20.8 Å². The number of H-pyrrole nitrogens is 1. The topological polar surface area (TPSA) is 67.2 Å².